The van der Waals surface area contributed by atoms with Gasteiger partial charge in [0.15, 0.2) is 0 Å². The second-order valence-corrected chi connectivity index (χ2v) is 7.21. The third kappa shape index (κ3) is 4.89. The first-order valence-electron chi connectivity index (χ1n) is 7.88. The molecule has 0 aliphatic carbocycles. The molecule has 1 aromatic carbocycles. The van der Waals surface area contributed by atoms with Gasteiger partial charge < -0.3 is 9.57 Å². The number of benzene rings is 1. The lowest BCUT2D eigenvalue weighted by Crippen LogP contribution is -2.54. The molecule has 2 rings (SSSR count). The Balaban J connectivity index is 2.29. The van der Waals surface area contributed by atoms with Crippen molar-refractivity contribution in [3.8, 4) is 0 Å². The van der Waals surface area contributed by atoms with Crippen LogP contribution in [0, 0.1) is 0 Å². The maximum Gasteiger partial charge on any atom is 0.125 e. The Morgan fingerprint density at radius 3 is 2.52 bits per heavy atom. The lowest BCUT2D eigenvalue weighted by atomic mass is 9.90. The number of oxime groups is 1. The lowest BCUT2D eigenvalue weighted by molar-refractivity contribution is 0.00893. The molecule has 128 valence electrons. The van der Waals surface area contributed by atoms with E-state index in [-0.39, 0.29) is 5.54 Å². The number of hydrogen-bond donors (Lipinski definition) is 1. The molecule has 1 aliphatic rings. The fraction of sp³-hybridized carbons (Fsp3) is 0.588. The summed E-state index contributed by atoms with van der Waals surface area (Å²) >= 11 is 5.92. The van der Waals surface area contributed by atoms with Crippen LogP contribution >= 0.6 is 24.4 Å². The minimum Gasteiger partial charge on any atom is -0.395 e. The van der Waals surface area contributed by atoms with E-state index in [0.717, 1.165) is 37.6 Å². The summed E-state index contributed by atoms with van der Waals surface area (Å²) in [5, 5.41) is 4.46. The predicted molar refractivity (Wildman–Crippen MR) is 101 cm³/mol. The van der Waals surface area contributed by atoms with E-state index in [1.165, 1.54) is 4.90 Å². The molecule has 1 heterocycles. The Morgan fingerprint density at radius 2 is 1.96 bits per heavy atom. The Morgan fingerprint density at radius 1 is 1.30 bits per heavy atom. The van der Waals surface area contributed by atoms with E-state index in [9.17, 15) is 0 Å². The van der Waals surface area contributed by atoms with Crippen LogP contribution in [-0.2, 0) is 9.57 Å². The molecule has 1 saturated heterocycles. The fourth-order valence-corrected chi connectivity index (χ4v) is 3.18. The van der Waals surface area contributed by atoms with Crippen LogP contribution in [0.4, 0.5) is 0 Å². The van der Waals surface area contributed by atoms with E-state index in [2.05, 4.69) is 67.1 Å². The number of ether oxygens (including phenoxy) is 1. The quantitative estimate of drug-likeness (QED) is 0.268. The monoisotopic (exact) mass is 354 g/mol. The van der Waals surface area contributed by atoms with Crippen molar-refractivity contribution in [1.29, 1.82) is 0 Å². The number of thioether (sulfide) groups is 1. The Hall–Kier alpha value is -0.690. The molecule has 0 amide bonds. The van der Waals surface area contributed by atoms with Crippen LogP contribution in [0.3, 0.4) is 0 Å². The summed E-state index contributed by atoms with van der Waals surface area (Å²) < 4.78 is 5.48. The van der Waals surface area contributed by atoms with Crippen LogP contribution in [0.1, 0.15) is 19.4 Å². The highest BCUT2D eigenvalue weighted by Gasteiger charge is 2.35. The van der Waals surface area contributed by atoms with Crippen molar-refractivity contribution in [2.45, 2.75) is 24.3 Å². The standard InChI is InChI=1S/C17H26N2O2S2/c1-17(2,19-8-10-20-11-9-19)16(18-21-12-13-22)14-4-6-15(23-3)7-5-14/h4-7,22H,8-13H2,1-3H3. The van der Waals surface area contributed by atoms with Gasteiger partial charge in [0, 0.05) is 29.3 Å². The van der Waals surface area contributed by atoms with Gasteiger partial charge in [0.25, 0.3) is 0 Å². The van der Waals surface area contributed by atoms with Gasteiger partial charge in [-0.3, -0.25) is 4.90 Å². The van der Waals surface area contributed by atoms with Crippen molar-refractivity contribution < 1.29 is 9.57 Å². The van der Waals surface area contributed by atoms with Crippen LogP contribution in [0.25, 0.3) is 0 Å². The second-order valence-electron chi connectivity index (χ2n) is 5.88. The van der Waals surface area contributed by atoms with Gasteiger partial charge in [0.1, 0.15) is 12.3 Å². The van der Waals surface area contributed by atoms with Crippen molar-refractivity contribution >= 4 is 30.1 Å². The van der Waals surface area contributed by atoms with Crippen molar-refractivity contribution in [3.05, 3.63) is 29.8 Å². The van der Waals surface area contributed by atoms with E-state index >= 15 is 0 Å². The van der Waals surface area contributed by atoms with Gasteiger partial charge in [0.2, 0.25) is 0 Å². The van der Waals surface area contributed by atoms with Gasteiger partial charge in [-0.05, 0) is 32.2 Å². The van der Waals surface area contributed by atoms with E-state index in [4.69, 9.17) is 9.57 Å². The average Bonchev–Trinajstić information content (AvgIpc) is 2.59. The Labute approximate surface area is 149 Å². The van der Waals surface area contributed by atoms with Crippen molar-refractivity contribution in [2.75, 3.05) is 44.9 Å². The molecular formula is C17H26N2O2S2. The first-order chi connectivity index (χ1) is 11.1. The van der Waals surface area contributed by atoms with Crippen LogP contribution in [0.5, 0.6) is 0 Å². The molecule has 0 aromatic heterocycles. The maximum absolute atomic E-state index is 5.48. The van der Waals surface area contributed by atoms with Crippen LogP contribution in [0.2, 0.25) is 0 Å². The molecule has 0 saturated carbocycles. The summed E-state index contributed by atoms with van der Waals surface area (Å²) in [4.78, 5) is 9.13. The van der Waals surface area contributed by atoms with Crippen molar-refractivity contribution in [2.24, 2.45) is 5.16 Å². The Bertz CT molecular complexity index is 512. The molecule has 0 bridgehead atoms. The van der Waals surface area contributed by atoms with Gasteiger partial charge >= 0.3 is 0 Å². The Kier molecular flexibility index (Phi) is 7.27. The average molecular weight is 355 g/mol. The molecule has 0 atom stereocenters. The van der Waals surface area contributed by atoms with Gasteiger partial charge in [0.05, 0.1) is 18.8 Å². The second kappa shape index (κ2) is 8.97. The topological polar surface area (TPSA) is 34.1 Å². The molecule has 0 unspecified atom stereocenters. The number of thiol groups is 1. The highest BCUT2D eigenvalue weighted by molar-refractivity contribution is 7.98. The normalized spacial score (nSPS) is 17.3. The van der Waals surface area contributed by atoms with Gasteiger partial charge in [-0.15, -0.1) is 11.8 Å². The summed E-state index contributed by atoms with van der Waals surface area (Å²) in [6.45, 7) is 8.24. The van der Waals surface area contributed by atoms with Gasteiger partial charge in [-0.2, -0.15) is 12.6 Å². The molecule has 23 heavy (non-hydrogen) atoms. The largest absolute Gasteiger partial charge is 0.395 e. The maximum atomic E-state index is 5.48. The van der Waals surface area contributed by atoms with Crippen molar-refractivity contribution in [1.82, 2.24) is 4.90 Å². The summed E-state index contributed by atoms with van der Waals surface area (Å²) in [5.41, 5.74) is 1.83. The molecule has 0 radical (unpaired) electrons. The zero-order valence-electron chi connectivity index (χ0n) is 14.1. The molecule has 1 fully saturated rings. The number of rotatable bonds is 7. The minimum atomic E-state index is -0.221. The van der Waals surface area contributed by atoms with Crippen LogP contribution < -0.4 is 0 Å². The summed E-state index contributed by atoms with van der Waals surface area (Å²) in [7, 11) is 0. The summed E-state index contributed by atoms with van der Waals surface area (Å²) in [6.07, 6.45) is 2.08. The third-order valence-corrected chi connectivity index (χ3v) is 5.01. The zero-order valence-corrected chi connectivity index (χ0v) is 15.8. The summed E-state index contributed by atoms with van der Waals surface area (Å²) in [5.74, 6) is 0.653. The van der Waals surface area contributed by atoms with Crippen molar-refractivity contribution in [3.63, 3.8) is 0 Å². The molecule has 0 N–H and O–H groups in total. The molecule has 4 nitrogen and oxygen atoms in total. The van der Waals surface area contributed by atoms with E-state index < -0.39 is 0 Å². The zero-order chi connectivity index (χ0) is 16.7. The highest BCUT2D eigenvalue weighted by Crippen LogP contribution is 2.24. The smallest absolute Gasteiger partial charge is 0.125 e. The van der Waals surface area contributed by atoms with Gasteiger partial charge in [-0.25, -0.2) is 0 Å². The first-order valence-corrected chi connectivity index (χ1v) is 9.74. The summed E-state index contributed by atoms with van der Waals surface area (Å²) in [6, 6.07) is 8.50. The minimum absolute atomic E-state index is 0.221. The third-order valence-electron chi connectivity index (χ3n) is 4.08. The van der Waals surface area contributed by atoms with Crippen LogP contribution in [-0.4, -0.2) is 61.1 Å². The molecule has 1 aliphatic heterocycles. The van der Waals surface area contributed by atoms with E-state index in [1.807, 2.05) is 0 Å². The van der Waals surface area contributed by atoms with E-state index in [1.54, 1.807) is 11.8 Å². The molecule has 6 heteroatoms. The first kappa shape index (κ1) is 18.6. The highest BCUT2D eigenvalue weighted by atomic mass is 32.2. The SMILES string of the molecule is CSc1ccc(C(=NOCCS)C(C)(C)N2CCOCC2)cc1. The predicted octanol–water partition coefficient (Wildman–Crippen LogP) is 3.17. The molecular weight excluding hydrogens is 328 g/mol. The van der Waals surface area contributed by atoms with E-state index in [0.29, 0.717) is 12.4 Å². The number of nitrogens with zero attached hydrogens (tertiary/aromatic N) is 2. The van der Waals surface area contributed by atoms with Gasteiger partial charge in [-0.1, -0.05) is 17.3 Å². The fourth-order valence-electron chi connectivity index (χ4n) is 2.69. The van der Waals surface area contributed by atoms with Crippen LogP contribution in [0.15, 0.2) is 34.3 Å². The lowest BCUT2D eigenvalue weighted by Gasteiger charge is -2.41. The molecule has 1 aromatic rings. The molecule has 0 spiro atoms. The number of hydrogen-bond acceptors (Lipinski definition) is 6. The number of morpholine rings is 1.